The molecule has 4 aromatic rings. The number of rotatable bonds is 5. The number of benzene rings is 3. The Labute approximate surface area is 197 Å². The van der Waals surface area contributed by atoms with E-state index in [1.807, 2.05) is 75.4 Å². The van der Waals surface area contributed by atoms with E-state index in [-0.39, 0.29) is 11.9 Å². The van der Waals surface area contributed by atoms with Gasteiger partial charge in [0.25, 0.3) is 5.91 Å². The highest BCUT2D eigenvalue weighted by Gasteiger charge is 2.18. The molecule has 0 atom stereocenters. The molecule has 0 spiro atoms. The molecule has 0 aliphatic heterocycles. The van der Waals surface area contributed by atoms with Gasteiger partial charge < -0.3 is 10.6 Å². The van der Waals surface area contributed by atoms with Crippen LogP contribution in [0.1, 0.15) is 37.6 Å². The molecule has 0 bridgehead atoms. The van der Waals surface area contributed by atoms with Crippen LogP contribution in [-0.2, 0) is 6.54 Å². The molecule has 0 unspecified atom stereocenters. The zero-order chi connectivity index (χ0) is 23.5. The highest BCUT2D eigenvalue weighted by Crippen LogP contribution is 2.27. The average Bonchev–Trinajstić information content (AvgIpc) is 3.14. The van der Waals surface area contributed by atoms with Gasteiger partial charge >= 0.3 is 6.03 Å². The normalized spacial score (nSPS) is 10.8. The van der Waals surface area contributed by atoms with Crippen LogP contribution < -0.4 is 16.0 Å². The molecule has 3 aromatic carbocycles. The molecule has 4 rings (SSSR count). The fraction of sp³-hybridized carbons (Fsp3) is 0.192. The Balaban J connectivity index is 1.42. The van der Waals surface area contributed by atoms with Crippen molar-refractivity contribution in [3.63, 3.8) is 0 Å². The van der Waals surface area contributed by atoms with Crippen molar-refractivity contribution in [2.24, 2.45) is 0 Å². The number of carbonyl (C=O) groups excluding carboxylic acids is 2. The summed E-state index contributed by atoms with van der Waals surface area (Å²) in [7, 11) is 0. The molecule has 1 heterocycles. The summed E-state index contributed by atoms with van der Waals surface area (Å²) in [5.74, 6) is -0.232. The monoisotopic (exact) mass is 458 g/mol. The van der Waals surface area contributed by atoms with Gasteiger partial charge in [-0.1, -0.05) is 71.5 Å². The zero-order valence-electron chi connectivity index (χ0n) is 19.1. The molecule has 0 aliphatic rings. The maximum absolute atomic E-state index is 12.9. The molecule has 3 amide bonds. The summed E-state index contributed by atoms with van der Waals surface area (Å²) < 4.78 is 0. The Bertz CT molecular complexity index is 1330. The number of aryl methyl sites for hydroxylation is 4. The topological polar surface area (TPSA) is 83.1 Å². The fourth-order valence-electron chi connectivity index (χ4n) is 3.97. The SMILES string of the molecule is Cc1cc(C)c(NC(=O)c2sc(NC(=O)NCc3cccc4ccccc34)nc2C)c(C)c1. The van der Waals surface area contributed by atoms with Gasteiger partial charge in [0.1, 0.15) is 4.88 Å². The number of urea groups is 1. The minimum Gasteiger partial charge on any atom is -0.334 e. The molecular weight excluding hydrogens is 432 g/mol. The zero-order valence-corrected chi connectivity index (χ0v) is 19.9. The number of fused-ring (bicyclic) bond motifs is 1. The first-order valence-corrected chi connectivity index (χ1v) is 11.5. The van der Waals surface area contributed by atoms with Gasteiger partial charge in [-0.3, -0.25) is 10.1 Å². The Hall–Kier alpha value is -3.71. The Morgan fingerprint density at radius 1 is 0.909 bits per heavy atom. The number of thiazole rings is 1. The van der Waals surface area contributed by atoms with E-state index >= 15 is 0 Å². The van der Waals surface area contributed by atoms with E-state index in [9.17, 15) is 9.59 Å². The number of carbonyl (C=O) groups is 2. The van der Waals surface area contributed by atoms with E-state index in [0.29, 0.717) is 22.2 Å². The van der Waals surface area contributed by atoms with Crippen LogP contribution in [0.3, 0.4) is 0 Å². The molecule has 6 nitrogen and oxygen atoms in total. The summed E-state index contributed by atoms with van der Waals surface area (Å²) in [6.45, 7) is 8.13. The summed E-state index contributed by atoms with van der Waals surface area (Å²) in [6.07, 6.45) is 0. The molecule has 0 radical (unpaired) electrons. The molecule has 168 valence electrons. The Kier molecular flexibility index (Phi) is 6.42. The van der Waals surface area contributed by atoms with Crippen LogP contribution in [-0.4, -0.2) is 16.9 Å². The summed E-state index contributed by atoms with van der Waals surface area (Å²) in [6, 6.07) is 17.8. The highest BCUT2D eigenvalue weighted by atomic mass is 32.1. The van der Waals surface area contributed by atoms with Crippen molar-refractivity contribution in [3.8, 4) is 0 Å². The number of anilines is 2. The van der Waals surface area contributed by atoms with Crippen molar-refractivity contribution in [2.75, 3.05) is 10.6 Å². The van der Waals surface area contributed by atoms with Gasteiger partial charge in [-0.25, -0.2) is 9.78 Å². The molecule has 0 aliphatic carbocycles. The first-order valence-electron chi connectivity index (χ1n) is 10.7. The van der Waals surface area contributed by atoms with Crippen molar-refractivity contribution in [1.29, 1.82) is 0 Å². The lowest BCUT2D eigenvalue weighted by Crippen LogP contribution is -2.28. The molecule has 33 heavy (non-hydrogen) atoms. The van der Waals surface area contributed by atoms with Crippen LogP contribution in [0.15, 0.2) is 54.6 Å². The summed E-state index contributed by atoms with van der Waals surface area (Å²) in [5.41, 5.74) is 5.58. The summed E-state index contributed by atoms with van der Waals surface area (Å²) in [5, 5.41) is 11.2. The number of aromatic nitrogens is 1. The van der Waals surface area contributed by atoms with E-state index in [2.05, 4.69) is 20.9 Å². The van der Waals surface area contributed by atoms with Crippen molar-refractivity contribution in [2.45, 2.75) is 34.2 Å². The molecule has 3 N–H and O–H groups in total. The molecule has 7 heteroatoms. The number of nitrogens with zero attached hydrogens (tertiary/aromatic N) is 1. The minimum atomic E-state index is -0.367. The fourth-order valence-corrected chi connectivity index (χ4v) is 4.83. The lowest BCUT2D eigenvalue weighted by Gasteiger charge is -2.12. The first kappa shape index (κ1) is 22.5. The van der Waals surface area contributed by atoms with Crippen LogP contribution in [0, 0.1) is 27.7 Å². The highest BCUT2D eigenvalue weighted by molar-refractivity contribution is 7.17. The number of nitrogens with one attached hydrogen (secondary N) is 3. The minimum absolute atomic E-state index is 0.232. The second-order valence-electron chi connectivity index (χ2n) is 8.11. The van der Waals surface area contributed by atoms with E-state index in [1.165, 1.54) is 0 Å². The lowest BCUT2D eigenvalue weighted by atomic mass is 10.0. The predicted molar refractivity (Wildman–Crippen MR) is 135 cm³/mol. The average molecular weight is 459 g/mol. The quantitative estimate of drug-likeness (QED) is 0.338. The van der Waals surface area contributed by atoms with Gasteiger partial charge in [-0.15, -0.1) is 0 Å². The van der Waals surface area contributed by atoms with Crippen LogP contribution in [0.4, 0.5) is 15.6 Å². The maximum atomic E-state index is 12.9. The molecule has 0 fully saturated rings. The van der Waals surface area contributed by atoms with Crippen molar-refractivity contribution >= 4 is 44.9 Å². The van der Waals surface area contributed by atoms with Crippen LogP contribution >= 0.6 is 11.3 Å². The molecular formula is C26H26N4O2S. The number of hydrogen-bond donors (Lipinski definition) is 3. The Morgan fingerprint density at radius 3 is 2.36 bits per heavy atom. The third-order valence-corrected chi connectivity index (χ3v) is 6.53. The maximum Gasteiger partial charge on any atom is 0.321 e. The molecule has 1 aromatic heterocycles. The predicted octanol–water partition coefficient (Wildman–Crippen LogP) is 6.10. The summed E-state index contributed by atoms with van der Waals surface area (Å²) in [4.78, 5) is 30.2. The van der Waals surface area contributed by atoms with E-state index < -0.39 is 0 Å². The smallest absolute Gasteiger partial charge is 0.321 e. The number of amides is 3. The van der Waals surface area contributed by atoms with Gasteiger partial charge in [0.15, 0.2) is 5.13 Å². The first-order chi connectivity index (χ1) is 15.8. The van der Waals surface area contributed by atoms with Gasteiger partial charge in [-0.05, 0) is 55.2 Å². The van der Waals surface area contributed by atoms with Gasteiger partial charge in [0.05, 0.1) is 5.69 Å². The molecule has 0 saturated heterocycles. The van der Waals surface area contributed by atoms with E-state index in [0.717, 1.165) is 50.1 Å². The van der Waals surface area contributed by atoms with Crippen LogP contribution in [0.2, 0.25) is 0 Å². The largest absolute Gasteiger partial charge is 0.334 e. The van der Waals surface area contributed by atoms with Crippen molar-refractivity contribution in [3.05, 3.63) is 87.4 Å². The number of hydrogen-bond acceptors (Lipinski definition) is 4. The second-order valence-corrected chi connectivity index (χ2v) is 9.11. The lowest BCUT2D eigenvalue weighted by molar-refractivity contribution is 0.102. The van der Waals surface area contributed by atoms with Crippen LogP contribution in [0.25, 0.3) is 10.8 Å². The van der Waals surface area contributed by atoms with Gasteiger partial charge in [0, 0.05) is 12.2 Å². The van der Waals surface area contributed by atoms with Gasteiger partial charge in [-0.2, -0.15) is 0 Å². The third kappa shape index (κ3) is 5.04. The van der Waals surface area contributed by atoms with Crippen molar-refractivity contribution in [1.82, 2.24) is 10.3 Å². The van der Waals surface area contributed by atoms with Crippen LogP contribution in [0.5, 0.6) is 0 Å². The van der Waals surface area contributed by atoms with E-state index in [4.69, 9.17) is 0 Å². The van der Waals surface area contributed by atoms with E-state index in [1.54, 1.807) is 6.92 Å². The second kappa shape index (κ2) is 9.42. The van der Waals surface area contributed by atoms with Gasteiger partial charge in [0.2, 0.25) is 0 Å². The summed E-state index contributed by atoms with van der Waals surface area (Å²) >= 11 is 1.16. The third-order valence-electron chi connectivity index (χ3n) is 5.46. The Morgan fingerprint density at radius 2 is 1.61 bits per heavy atom. The standard InChI is InChI=1S/C26H26N4O2S/c1-15-12-16(2)22(17(3)13-15)29-24(31)23-18(4)28-26(33-23)30-25(32)27-14-20-10-7-9-19-8-5-6-11-21(19)20/h5-13H,14H2,1-4H3,(H,29,31)(H2,27,28,30,32). The van der Waals surface area contributed by atoms with Crippen molar-refractivity contribution < 1.29 is 9.59 Å². The molecule has 0 saturated carbocycles.